The molecule has 2 spiro atoms. The molecule has 0 bridgehead atoms. The quantitative estimate of drug-likeness (QED) is 0.438. The number of ether oxygens (including phenoxy) is 1. The summed E-state index contributed by atoms with van der Waals surface area (Å²) in [4.78, 5) is 40.8. The lowest BCUT2D eigenvalue weighted by Crippen LogP contribution is -2.60. The van der Waals surface area contributed by atoms with Crippen LogP contribution in [0.2, 0.25) is 0 Å². The molecule has 4 nitrogen and oxygen atoms in total. The SMILES string of the molecule is CC(C)(C)[C@@H]1CC[C@](C)([C@H]2C(=O)C[C@@]3(C)[C@@H]4CC(=O)[C@H]5C(C)(C)C(=O)CCC56C[C@@]46CC[C@]23C)O1. The molecular formula is C31H46O4. The van der Waals surface area contributed by atoms with E-state index in [2.05, 4.69) is 41.5 Å². The normalized spacial score (nSPS) is 54.7. The molecule has 6 rings (SSSR count). The van der Waals surface area contributed by atoms with Crippen LogP contribution in [0.25, 0.3) is 0 Å². The third kappa shape index (κ3) is 2.61. The second-order valence-corrected chi connectivity index (χ2v) is 16.0. The van der Waals surface area contributed by atoms with Crippen LogP contribution < -0.4 is 0 Å². The van der Waals surface area contributed by atoms with Gasteiger partial charge in [0.1, 0.15) is 17.3 Å². The molecule has 6 fully saturated rings. The topological polar surface area (TPSA) is 60.4 Å². The molecule has 1 aliphatic heterocycles. The van der Waals surface area contributed by atoms with E-state index in [4.69, 9.17) is 4.74 Å². The Bertz CT molecular complexity index is 1040. The molecule has 194 valence electrons. The number of ketones is 3. The molecular weight excluding hydrogens is 436 g/mol. The molecule has 1 heterocycles. The van der Waals surface area contributed by atoms with Crippen LogP contribution in [0.15, 0.2) is 0 Å². The minimum atomic E-state index is -0.549. The molecule has 0 aromatic carbocycles. The molecule has 0 radical (unpaired) electrons. The second kappa shape index (κ2) is 6.51. The zero-order chi connectivity index (χ0) is 25.6. The molecule has 1 unspecified atom stereocenters. The van der Waals surface area contributed by atoms with Crippen molar-refractivity contribution >= 4 is 17.3 Å². The molecule has 0 aromatic rings. The predicted molar refractivity (Wildman–Crippen MR) is 135 cm³/mol. The summed E-state index contributed by atoms with van der Waals surface area (Å²) in [7, 11) is 0. The second-order valence-electron chi connectivity index (χ2n) is 16.0. The van der Waals surface area contributed by atoms with Gasteiger partial charge < -0.3 is 4.74 Å². The number of Topliss-reactive ketones (excluding diaryl/α,β-unsaturated/α-hetero) is 3. The summed E-state index contributed by atoms with van der Waals surface area (Å²) in [6.07, 6.45) is 7.96. The fourth-order valence-corrected chi connectivity index (χ4v) is 11.4. The molecule has 5 saturated carbocycles. The van der Waals surface area contributed by atoms with Gasteiger partial charge in [-0.15, -0.1) is 0 Å². The summed E-state index contributed by atoms with van der Waals surface area (Å²) in [6, 6.07) is 0. The van der Waals surface area contributed by atoms with Gasteiger partial charge in [-0.3, -0.25) is 14.4 Å². The van der Waals surface area contributed by atoms with Gasteiger partial charge in [0.05, 0.1) is 17.6 Å². The summed E-state index contributed by atoms with van der Waals surface area (Å²) < 4.78 is 6.82. The first-order valence-corrected chi connectivity index (χ1v) is 14.3. The molecule has 1 saturated heterocycles. The van der Waals surface area contributed by atoms with Gasteiger partial charge in [-0.2, -0.15) is 0 Å². The molecule has 6 aliphatic rings. The minimum absolute atomic E-state index is 0.0129. The Balaban J connectivity index is 1.38. The smallest absolute Gasteiger partial charge is 0.139 e. The van der Waals surface area contributed by atoms with Crippen LogP contribution in [0.3, 0.4) is 0 Å². The van der Waals surface area contributed by atoms with Crippen molar-refractivity contribution in [1.29, 1.82) is 0 Å². The van der Waals surface area contributed by atoms with E-state index in [1.165, 1.54) is 0 Å². The summed E-state index contributed by atoms with van der Waals surface area (Å²) in [6.45, 7) is 17.7. The van der Waals surface area contributed by atoms with E-state index in [-0.39, 0.29) is 56.7 Å². The van der Waals surface area contributed by atoms with E-state index in [9.17, 15) is 14.4 Å². The summed E-state index contributed by atoms with van der Waals surface area (Å²) in [5.41, 5.74) is -1.12. The van der Waals surface area contributed by atoms with Crippen molar-refractivity contribution in [2.24, 2.45) is 50.2 Å². The van der Waals surface area contributed by atoms with E-state index in [1.54, 1.807) is 0 Å². The van der Waals surface area contributed by atoms with E-state index < -0.39 is 11.0 Å². The summed E-state index contributed by atoms with van der Waals surface area (Å²) >= 11 is 0. The van der Waals surface area contributed by atoms with Gasteiger partial charge in [0, 0.05) is 30.6 Å². The van der Waals surface area contributed by atoms with Crippen LogP contribution in [-0.2, 0) is 19.1 Å². The van der Waals surface area contributed by atoms with Crippen molar-refractivity contribution in [3.63, 3.8) is 0 Å². The van der Waals surface area contributed by atoms with Crippen LogP contribution in [-0.4, -0.2) is 29.1 Å². The van der Waals surface area contributed by atoms with Crippen LogP contribution in [0.5, 0.6) is 0 Å². The Hall–Kier alpha value is -1.03. The first-order valence-electron chi connectivity index (χ1n) is 14.3. The van der Waals surface area contributed by atoms with Gasteiger partial charge in [-0.05, 0) is 78.4 Å². The van der Waals surface area contributed by atoms with Crippen molar-refractivity contribution in [1.82, 2.24) is 0 Å². The number of hydrogen-bond acceptors (Lipinski definition) is 4. The highest BCUT2D eigenvalue weighted by atomic mass is 16.5. The summed E-state index contributed by atoms with van der Waals surface area (Å²) in [5.74, 6) is 0.961. The van der Waals surface area contributed by atoms with Crippen molar-refractivity contribution in [2.45, 2.75) is 125 Å². The average molecular weight is 483 g/mol. The molecule has 4 heteroatoms. The fourth-order valence-electron chi connectivity index (χ4n) is 11.4. The predicted octanol–water partition coefficient (Wildman–Crippen LogP) is 6.34. The first-order chi connectivity index (χ1) is 16.0. The number of hydrogen-bond donors (Lipinski definition) is 0. The first kappa shape index (κ1) is 24.3. The molecule has 35 heavy (non-hydrogen) atoms. The fraction of sp³-hybridized carbons (Fsp3) is 0.903. The van der Waals surface area contributed by atoms with Gasteiger partial charge in [-0.1, -0.05) is 48.5 Å². The van der Waals surface area contributed by atoms with Gasteiger partial charge >= 0.3 is 0 Å². The molecule has 0 N–H and O–H groups in total. The van der Waals surface area contributed by atoms with Crippen molar-refractivity contribution in [2.75, 3.05) is 0 Å². The van der Waals surface area contributed by atoms with E-state index in [1.807, 2.05) is 13.8 Å². The zero-order valence-electron chi connectivity index (χ0n) is 23.3. The van der Waals surface area contributed by atoms with E-state index >= 15 is 0 Å². The third-order valence-corrected chi connectivity index (χ3v) is 13.2. The number of carbonyl (C=O) groups excluding carboxylic acids is 3. The van der Waals surface area contributed by atoms with Gasteiger partial charge in [-0.25, -0.2) is 0 Å². The van der Waals surface area contributed by atoms with E-state index in [0.29, 0.717) is 30.8 Å². The Kier molecular flexibility index (Phi) is 4.52. The lowest BCUT2D eigenvalue weighted by Gasteiger charge is -2.62. The van der Waals surface area contributed by atoms with Gasteiger partial charge in [0.15, 0.2) is 0 Å². The van der Waals surface area contributed by atoms with Crippen molar-refractivity contribution in [3.8, 4) is 0 Å². The highest BCUT2D eigenvalue weighted by molar-refractivity contribution is 5.96. The van der Waals surface area contributed by atoms with Crippen molar-refractivity contribution < 1.29 is 19.1 Å². The highest BCUT2D eigenvalue weighted by Gasteiger charge is 2.85. The van der Waals surface area contributed by atoms with E-state index in [0.717, 1.165) is 38.5 Å². The lowest BCUT2D eigenvalue weighted by molar-refractivity contribution is -0.182. The standard InChI is InChI=1S/C31H46O4/c1-25(2,3)22-10-11-29(8,35-22)24-19(33)16-28(7)20-15-18(32)23-26(4,5)21(34)9-12-31(23)17-30(20,31)14-13-27(24,28)6/h20,22-24H,9-17H2,1-8H3/t20-,22-,23-,24-,27+,28-,29+,30-,31?/m0/s1. The Labute approximate surface area is 211 Å². The Morgan fingerprint density at radius 1 is 0.800 bits per heavy atom. The highest BCUT2D eigenvalue weighted by Crippen LogP contribution is 2.88. The molecule has 0 aromatic heterocycles. The maximum absolute atomic E-state index is 14.0. The lowest BCUT2D eigenvalue weighted by atomic mass is 9.41. The largest absolute Gasteiger partial charge is 0.371 e. The summed E-state index contributed by atoms with van der Waals surface area (Å²) in [5, 5.41) is 0. The Morgan fingerprint density at radius 2 is 1.49 bits per heavy atom. The number of carbonyl (C=O) groups is 3. The average Bonchev–Trinajstić information content (AvgIpc) is 3.08. The number of rotatable bonds is 1. The monoisotopic (exact) mass is 482 g/mol. The van der Waals surface area contributed by atoms with Crippen LogP contribution >= 0.6 is 0 Å². The molecule has 9 atom stereocenters. The molecule has 0 amide bonds. The van der Waals surface area contributed by atoms with Crippen LogP contribution in [0.4, 0.5) is 0 Å². The molecule has 5 aliphatic carbocycles. The maximum atomic E-state index is 14.0. The van der Waals surface area contributed by atoms with Crippen molar-refractivity contribution in [3.05, 3.63) is 0 Å². The third-order valence-electron chi connectivity index (χ3n) is 13.2. The maximum Gasteiger partial charge on any atom is 0.139 e. The number of fused-ring (bicyclic) bond motifs is 2. The van der Waals surface area contributed by atoms with Gasteiger partial charge in [0.25, 0.3) is 0 Å². The van der Waals surface area contributed by atoms with Crippen LogP contribution in [0, 0.1) is 50.2 Å². The van der Waals surface area contributed by atoms with Crippen LogP contribution in [0.1, 0.15) is 113 Å². The minimum Gasteiger partial charge on any atom is -0.371 e. The zero-order valence-corrected chi connectivity index (χ0v) is 23.3. The van der Waals surface area contributed by atoms with Gasteiger partial charge in [0.2, 0.25) is 0 Å². The Morgan fingerprint density at radius 3 is 2.11 bits per heavy atom.